The molecule has 0 N–H and O–H groups in total. The highest BCUT2D eigenvalue weighted by Crippen LogP contribution is 2.62. The van der Waals surface area contributed by atoms with E-state index in [1.807, 2.05) is 12.1 Å². The Morgan fingerprint density at radius 2 is 1.63 bits per heavy atom. The summed E-state index contributed by atoms with van der Waals surface area (Å²) < 4.78 is 27.3. The summed E-state index contributed by atoms with van der Waals surface area (Å²) in [5.74, 6) is 3.57. The molecular formula is C32H40O6. The van der Waals surface area contributed by atoms with Crippen molar-refractivity contribution in [3.8, 4) is 11.5 Å². The maximum Gasteiger partial charge on any atom is 0.341 e. The van der Waals surface area contributed by atoms with E-state index in [-0.39, 0.29) is 12.2 Å². The molecule has 2 aromatic carbocycles. The third-order valence-corrected chi connectivity index (χ3v) is 8.79. The summed E-state index contributed by atoms with van der Waals surface area (Å²) in [7, 11) is 4.62. The van der Waals surface area contributed by atoms with Crippen molar-refractivity contribution in [3.05, 3.63) is 58.7 Å². The summed E-state index contributed by atoms with van der Waals surface area (Å²) in [6, 6.07) is 12.2. The SMILES string of the molecule is COCCOCOc1ccc(/C(C)=C\c2ccc(C(=O)OC)c(OC)c2)cc1C12CC3CC(CC(C3)C1)C2. The summed E-state index contributed by atoms with van der Waals surface area (Å²) in [4.78, 5) is 12.1. The lowest BCUT2D eigenvalue weighted by atomic mass is 9.48. The van der Waals surface area contributed by atoms with Gasteiger partial charge in [0.1, 0.15) is 17.1 Å². The van der Waals surface area contributed by atoms with Gasteiger partial charge in [0.2, 0.25) is 0 Å². The molecule has 0 radical (unpaired) electrons. The number of esters is 1. The minimum absolute atomic E-state index is 0.193. The van der Waals surface area contributed by atoms with Crippen LogP contribution in [-0.4, -0.2) is 47.3 Å². The Bertz CT molecular complexity index is 1150. The number of hydrogen-bond acceptors (Lipinski definition) is 6. The summed E-state index contributed by atoms with van der Waals surface area (Å²) in [5.41, 5.74) is 5.25. The Hall–Kier alpha value is -2.83. The van der Waals surface area contributed by atoms with Gasteiger partial charge in [-0.25, -0.2) is 4.79 Å². The molecule has 0 amide bonds. The normalized spacial score (nSPS) is 25.9. The first-order chi connectivity index (χ1) is 18.4. The van der Waals surface area contributed by atoms with Gasteiger partial charge in [-0.2, -0.15) is 0 Å². The molecule has 0 heterocycles. The molecule has 0 aromatic heterocycles. The first kappa shape index (κ1) is 26.8. The fraction of sp³-hybridized carbons (Fsp3) is 0.531. The van der Waals surface area contributed by atoms with Crippen LogP contribution in [0.15, 0.2) is 36.4 Å². The molecule has 0 spiro atoms. The van der Waals surface area contributed by atoms with E-state index in [2.05, 4.69) is 31.2 Å². The molecule has 204 valence electrons. The van der Waals surface area contributed by atoms with Gasteiger partial charge in [0.05, 0.1) is 27.4 Å². The van der Waals surface area contributed by atoms with E-state index in [0.29, 0.717) is 24.5 Å². The highest BCUT2D eigenvalue weighted by Gasteiger charge is 2.52. The van der Waals surface area contributed by atoms with Gasteiger partial charge < -0.3 is 23.7 Å². The van der Waals surface area contributed by atoms with Crippen LogP contribution in [0.3, 0.4) is 0 Å². The summed E-state index contributed by atoms with van der Waals surface area (Å²) in [5, 5.41) is 0. The summed E-state index contributed by atoms with van der Waals surface area (Å²) in [6.07, 6.45) is 10.1. The minimum atomic E-state index is -0.406. The van der Waals surface area contributed by atoms with Gasteiger partial charge in [0.15, 0.2) is 6.79 Å². The van der Waals surface area contributed by atoms with Gasteiger partial charge >= 0.3 is 5.97 Å². The van der Waals surface area contributed by atoms with E-state index in [4.69, 9.17) is 23.7 Å². The summed E-state index contributed by atoms with van der Waals surface area (Å²) in [6.45, 7) is 3.43. The van der Waals surface area contributed by atoms with Gasteiger partial charge in [-0.05, 0) is 110 Å². The number of hydrogen-bond donors (Lipinski definition) is 0. The third-order valence-electron chi connectivity index (χ3n) is 8.79. The van der Waals surface area contributed by atoms with Crippen molar-refractivity contribution in [1.82, 2.24) is 0 Å². The predicted molar refractivity (Wildman–Crippen MR) is 147 cm³/mol. The number of benzene rings is 2. The Morgan fingerprint density at radius 3 is 2.26 bits per heavy atom. The van der Waals surface area contributed by atoms with Crippen LogP contribution in [0.25, 0.3) is 11.6 Å². The molecule has 4 fully saturated rings. The molecule has 6 heteroatoms. The predicted octanol–water partition coefficient (Wildman–Crippen LogP) is 6.51. The fourth-order valence-electron chi connectivity index (χ4n) is 7.47. The second-order valence-corrected chi connectivity index (χ2v) is 11.4. The topological polar surface area (TPSA) is 63.2 Å². The number of rotatable bonds is 11. The Kier molecular flexibility index (Phi) is 8.10. The largest absolute Gasteiger partial charge is 0.496 e. The quantitative estimate of drug-likeness (QED) is 0.146. The van der Waals surface area contributed by atoms with Crippen LogP contribution in [0, 0.1) is 17.8 Å². The van der Waals surface area contributed by atoms with Crippen LogP contribution in [0.4, 0.5) is 0 Å². The molecule has 6 nitrogen and oxygen atoms in total. The Labute approximate surface area is 226 Å². The van der Waals surface area contributed by atoms with Crippen molar-refractivity contribution < 1.29 is 28.5 Å². The Morgan fingerprint density at radius 1 is 0.921 bits per heavy atom. The van der Waals surface area contributed by atoms with Crippen molar-refractivity contribution in [1.29, 1.82) is 0 Å². The number of allylic oxidation sites excluding steroid dienone is 1. The van der Waals surface area contributed by atoms with Crippen LogP contribution in [0.1, 0.15) is 72.5 Å². The number of carbonyl (C=O) groups excluding carboxylic acids is 1. The Balaban J connectivity index is 1.45. The average Bonchev–Trinajstić information content (AvgIpc) is 2.91. The minimum Gasteiger partial charge on any atom is -0.496 e. The summed E-state index contributed by atoms with van der Waals surface area (Å²) >= 11 is 0. The maximum absolute atomic E-state index is 12.1. The van der Waals surface area contributed by atoms with Crippen molar-refractivity contribution in [2.24, 2.45) is 17.8 Å². The van der Waals surface area contributed by atoms with Crippen molar-refractivity contribution in [2.75, 3.05) is 41.3 Å². The van der Waals surface area contributed by atoms with Gasteiger partial charge in [0.25, 0.3) is 0 Å². The molecule has 4 bridgehead atoms. The number of carbonyl (C=O) groups is 1. The number of methoxy groups -OCH3 is 3. The third kappa shape index (κ3) is 5.48. The monoisotopic (exact) mass is 520 g/mol. The zero-order valence-corrected chi connectivity index (χ0v) is 23.1. The van der Waals surface area contributed by atoms with Crippen molar-refractivity contribution >= 4 is 17.6 Å². The first-order valence-corrected chi connectivity index (χ1v) is 13.7. The van der Waals surface area contributed by atoms with Crippen LogP contribution >= 0.6 is 0 Å². The molecule has 0 atom stereocenters. The van der Waals surface area contributed by atoms with E-state index >= 15 is 0 Å². The second-order valence-electron chi connectivity index (χ2n) is 11.4. The van der Waals surface area contributed by atoms with E-state index < -0.39 is 5.97 Å². The molecular weight excluding hydrogens is 480 g/mol. The van der Waals surface area contributed by atoms with E-state index in [9.17, 15) is 4.79 Å². The van der Waals surface area contributed by atoms with E-state index in [0.717, 1.165) is 34.6 Å². The highest BCUT2D eigenvalue weighted by molar-refractivity contribution is 5.93. The first-order valence-electron chi connectivity index (χ1n) is 13.7. The number of ether oxygens (including phenoxy) is 5. The smallest absolute Gasteiger partial charge is 0.341 e. The molecule has 4 aliphatic carbocycles. The van der Waals surface area contributed by atoms with Gasteiger partial charge in [-0.1, -0.05) is 18.2 Å². The van der Waals surface area contributed by atoms with E-state index in [1.165, 1.54) is 56.8 Å². The molecule has 0 unspecified atom stereocenters. The lowest BCUT2D eigenvalue weighted by Gasteiger charge is -2.57. The molecule has 4 saturated carbocycles. The molecule has 4 aliphatic rings. The van der Waals surface area contributed by atoms with Gasteiger partial charge in [-0.3, -0.25) is 0 Å². The molecule has 6 rings (SSSR count). The van der Waals surface area contributed by atoms with Gasteiger partial charge in [0, 0.05) is 12.7 Å². The fourth-order valence-corrected chi connectivity index (χ4v) is 7.47. The molecule has 2 aromatic rings. The van der Waals surface area contributed by atoms with Gasteiger partial charge in [-0.15, -0.1) is 0 Å². The lowest BCUT2D eigenvalue weighted by molar-refractivity contribution is -0.0189. The van der Waals surface area contributed by atoms with Crippen molar-refractivity contribution in [2.45, 2.75) is 50.9 Å². The molecule has 0 saturated heterocycles. The van der Waals surface area contributed by atoms with Crippen molar-refractivity contribution in [3.63, 3.8) is 0 Å². The highest BCUT2D eigenvalue weighted by atomic mass is 16.7. The second kappa shape index (κ2) is 11.5. The lowest BCUT2D eigenvalue weighted by Crippen LogP contribution is -2.48. The standard InChI is InChI=1S/C32H40O6/c1-21(11-22-5-7-27(31(33)36-4)30(15-22)35-3)26-6-8-29(38-20-37-10-9-34-2)28(16-26)32-17-23-12-24(18-32)14-25(13-23)19-32/h5-8,11,15-16,23-25H,9-10,12-14,17-20H2,1-4H3/b21-11-. The van der Waals surface area contributed by atoms with E-state index in [1.54, 1.807) is 20.3 Å². The average molecular weight is 521 g/mol. The zero-order chi connectivity index (χ0) is 26.7. The zero-order valence-electron chi connectivity index (χ0n) is 23.1. The molecule has 38 heavy (non-hydrogen) atoms. The van der Waals surface area contributed by atoms with Crippen LogP contribution in [0.2, 0.25) is 0 Å². The maximum atomic E-state index is 12.1. The molecule has 0 aliphatic heterocycles. The van der Waals surface area contributed by atoms with Crippen LogP contribution < -0.4 is 9.47 Å². The van der Waals surface area contributed by atoms with Crippen LogP contribution in [-0.2, 0) is 19.6 Å². The van der Waals surface area contributed by atoms with Crippen LogP contribution in [0.5, 0.6) is 11.5 Å².